The summed E-state index contributed by atoms with van der Waals surface area (Å²) in [5.74, 6) is -1.59. The van der Waals surface area contributed by atoms with Crippen molar-refractivity contribution in [2.45, 2.75) is 19.9 Å². The maximum atomic E-state index is 13.2. The summed E-state index contributed by atoms with van der Waals surface area (Å²) in [4.78, 5) is 32.5. The second-order valence-corrected chi connectivity index (χ2v) is 8.92. The summed E-state index contributed by atoms with van der Waals surface area (Å²) in [5.41, 5.74) is 4.16. The number of para-hydroxylation sites is 1. The summed E-state index contributed by atoms with van der Waals surface area (Å²) >= 11 is 1.35. The van der Waals surface area contributed by atoms with E-state index in [1.165, 1.54) is 16.2 Å². The SMILES string of the molecule is Cc1ccc(C(O)=C2C(=O)C(=O)N(c3nc4ccccc4s3)C2c2ccc(C)cc2)cc1. The van der Waals surface area contributed by atoms with Crippen LogP contribution in [0, 0.1) is 13.8 Å². The lowest BCUT2D eigenvalue weighted by atomic mass is 9.94. The molecule has 158 valence electrons. The van der Waals surface area contributed by atoms with E-state index >= 15 is 0 Å². The van der Waals surface area contributed by atoms with E-state index in [0.717, 1.165) is 26.9 Å². The van der Waals surface area contributed by atoms with Gasteiger partial charge in [0.25, 0.3) is 5.78 Å². The topological polar surface area (TPSA) is 70.5 Å². The Labute approximate surface area is 189 Å². The van der Waals surface area contributed by atoms with Crippen LogP contribution in [0.3, 0.4) is 0 Å². The number of aliphatic hydroxyl groups excluding tert-OH is 1. The van der Waals surface area contributed by atoms with Crippen molar-refractivity contribution < 1.29 is 14.7 Å². The summed E-state index contributed by atoms with van der Waals surface area (Å²) in [6.45, 7) is 3.92. The Bertz CT molecular complexity index is 1350. The average Bonchev–Trinajstić information content (AvgIpc) is 3.33. The summed E-state index contributed by atoms with van der Waals surface area (Å²) in [7, 11) is 0. The van der Waals surface area contributed by atoms with Gasteiger partial charge in [0.05, 0.1) is 21.8 Å². The second-order valence-electron chi connectivity index (χ2n) is 7.91. The van der Waals surface area contributed by atoms with Gasteiger partial charge in [0, 0.05) is 5.56 Å². The smallest absolute Gasteiger partial charge is 0.301 e. The van der Waals surface area contributed by atoms with Gasteiger partial charge in [-0.05, 0) is 31.5 Å². The van der Waals surface area contributed by atoms with Crippen LogP contribution in [0.2, 0.25) is 0 Å². The van der Waals surface area contributed by atoms with Crippen LogP contribution in [0.5, 0.6) is 0 Å². The monoisotopic (exact) mass is 440 g/mol. The van der Waals surface area contributed by atoms with Crippen molar-refractivity contribution in [2.24, 2.45) is 0 Å². The standard InChI is InChI=1S/C26H20N2O3S/c1-15-7-11-17(12-8-15)22-21(23(29)18-13-9-16(2)10-14-18)24(30)25(31)28(22)26-27-19-5-3-4-6-20(19)32-26/h3-14,22,29H,1-2H3. The van der Waals surface area contributed by atoms with Crippen LogP contribution < -0.4 is 4.90 Å². The molecular formula is C26H20N2O3S. The number of nitrogens with zero attached hydrogens (tertiary/aromatic N) is 2. The minimum Gasteiger partial charge on any atom is -0.507 e. The van der Waals surface area contributed by atoms with Crippen LogP contribution in [0.25, 0.3) is 16.0 Å². The fraction of sp³-hybridized carbons (Fsp3) is 0.115. The van der Waals surface area contributed by atoms with Crippen LogP contribution in [0.1, 0.15) is 28.3 Å². The molecular weight excluding hydrogens is 420 g/mol. The van der Waals surface area contributed by atoms with Crippen molar-refractivity contribution in [1.29, 1.82) is 0 Å². The lowest BCUT2D eigenvalue weighted by Gasteiger charge is -2.23. The van der Waals surface area contributed by atoms with Gasteiger partial charge in [0.2, 0.25) is 0 Å². The summed E-state index contributed by atoms with van der Waals surface area (Å²) in [6.07, 6.45) is 0. The zero-order chi connectivity index (χ0) is 22.4. The highest BCUT2D eigenvalue weighted by atomic mass is 32.1. The van der Waals surface area contributed by atoms with Gasteiger partial charge in [0.1, 0.15) is 5.76 Å². The third-order valence-electron chi connectivity index (χ3n) is 5.65. The van der Waals surface area contributed by atoms with E-state index in [-0.39, 0.29) is 11.3 Å². The van der Waals surface area contributed by atoms with Gasteiger partial charge in [-0.3, -0.25) is 14.5 Å². The molecule has 5 nitrogen and oxygen atoms in total. The van der Waals surface area contributed by atoms with E-state index in [9.17, 15) is 14.7 Å². The highest BCUT2D eigenvalue weighted by molar-refractivity contribution is 7.22. The molecule has 0 radical (unpaired) electrons. The molecule has 1 aliphatic rings. The number of thiazole rings is 1. The van der Waals surface area contributed by atoms with Gasteiger partial charge >= 0.3 is 5.91 Å². The first-order chi connectivity index (χ1) is 15.4. The Hall–Kier alpha value is -3.77. The van der Waals surface area contributed by atoms with Gasteiger partial charge in [0.15, 0.2) is 5.13 Å². The van der Waals surface area contributed by atoms with Crippen molar-refractivity contribution in [2.75, 3.05) is 4.90 Å². The average molecular weight is 441 g/mol. The van der Waals surface area contributed by atoms with Crippen molar-refractivity contribution in [1.82, 2.24) is 4.98 Å². The third kappa shape index (κ3) is 3.29. The maximum Gasteiger partial charge on any atom is 0.301 e. The number of aromatic nitrogens is 1. The largest absolute Gasteiger partial charge is 0.507 e. The molecule has 0 saturated carbocycles. The molecule has 0 aliphatic carbocycles. The molecule has 1 N–H and O–H groups in total. The number of hydrogen-bond acceptors (Lipinski definition) is 5. The molecule has 1 aliphatic heterocycles. The first-order valence-electron chi connectivity index (χ1n) is 10.2. The molecule has 5 rings (SSSR count). The number of aryl methyl sites for hydroxylation is 2. The van der Waals surface area contributed by atoms with E-state index in [2.05, 4.69) is 4.98 Å². The predicted molar refractivity (Wildman–Crippen MR) is 127 cm³/mol. The number of Topliss-reactive ketones (excluding diaryl/α,β-unsaturated/α-hetero) is 1. The molecule has 6 heteroatoms. The number of carbonyl (C=O) groups excluding carboxylic acids is 2. The first-order valence-corrected chi connectivity index (χ1v) is 11.1. The normalized spacial score (nSPS) is 17.9. The zero-order valence-corrected chi connectivity index (χ0v) is 18.4. The Morgan fingerprint density at radius 2 is 1.53 bits per heavy atom. The molecule has 1 aromatic heterocycles. The van der Waals surface area contributed by atoms with E-state index in [4.69, 9.17) is 0 Å². The highest BCUT2D eigenvalue weighted by Crippen LogP contribution is 2.44. The lowest BCUT2D eigenvalue weighted by Crippen LogP contribution is -2.29. The molecule has 1 saturated heterocycles. The van der Waals surface area contributed by atoms with Gasteiger partial charge < -0.3 is 5.11 Å². The Kier molecular flexibility index (Phi) is 4.87. The van der Waals surface area contributed by atoms with Crippen LogP contribution in [-0.2, 0) is 9.59 Å². The quantitative estimate of drug-likeness (QED) is 0.258. The Morgan fingerprint density at radius 3 is 2.19 bits per heavy atom. The first kappa shape index (κ1) is 20.2. The number of fused-ring (bicyclic) bond motifs is 1. The fourth-order valence-electron chi connectivity index (χ4n) is 3.92. The fourth-order valence-corrected chi connectivity index (χ4v) is 4.92. The molecule has 0 bridgehead atoms. The van der Waals surface area contributed by atoms with E-state index in [0.29, 0.717) is 10.7 Å². The second kappa shape index (κ2) is 7.73. The molecule has 1 atom stereocenters. The Morgan fingerprint density at radius 1 is 0.906 bits per heavy atom. The molecule has 1 amide bonds. The predicted octanol–water partition coefficient (Wildman–Crippen LogP) is 5.54. The number of aliphatic hydroxyl groups is 1. The van der Waals surface area contributed by atoms with E-state index in [1.54, 1.807) is 12.1 Å². The molecule has 32 heavy (non-hydrogen) atoms. The van der Waals surface area contributed by atoms with Gasteiger partial charge in [-0.15, -0.1) is 0 Å². The number of amides is 1. The maximum absolute atomic E-state index is 13.2. The third-order valence-corrected chi connectivity index (χ3v) is 6.69. The van der Waals surface area contributed by atoms with Crippen LogP contribution in [0.15, 0.2) is 78.4 Å². The highest BCUT2D eigenvalue weighted by Gasteiger charge is 2.48. The van der Waals surface area contributed by atoms with Gasteiger partial charge in [-0.25, -0.2) is 4.98 Å². The number of rotatable bonds is 3. The van der Waals surface area contributed by atoms with E-state index in [1.807, 2.05) is 74.5 Å². The van der Waals surface area contributed by atoms with Crippen LogP contribution in [-0.4, -0.2) is 21.8 Å². The Balaban J connectivity index is 1.73. The van der Waals surface area contributed by atoms with Crippen LogP contribution >= 0.6 is 11.3 Å². The van der Waals surface area contributed by atoms with Crippen molar-refractivity contribution >= 4 is 44.1 Å². The summed E-state index contributed by atoms with van der Waals surface area (Å²) < 4.78 is 0.922. The molecule has 3 aromatic carbocycles. The summed E-state index contributed by atoms with van der Waals surface area (Å²) in [6, 6.07) is 21.7. The lowest BCUT2D eigenvalue weighted by molar-refractivity contribution is -0.132. The van der Waals surface area contributed by atoms with Crippen molar-refractivity contribution in [3.8, 4) is 0 Å². The molecule has 4 aromatic rings. The molecule has 0 spiro atoms. The molecule has 2 heterocycles. The number of benzene rings is 3. The van der Waals surface area contributed by atoms with Crippen LogP contribution in [0.4, 0.5) is 5.13 Å². The molecule has 1 fully saturated rings. The number of hydrogen-bond donors (Lipinski definition) is 1. The van der Waals surface area contributed by atoms with Crippen molar-refractivity contribution in [3.63, 3.8) is 0 Å². The number of carbonyl (C=O) groups is 2. The minimum atomic E-state index is -0.766. The van der Waals surface area contributed by atoms with E-state index < -0.39 is 17.7 Å². The number of ketones is 1. The van der Waals surface area contributed by atoms with Gasteiger partial charge in [-0.2, -0.15) is 0 Å². The van der Waals surface area contributed by atoms with Gasteiger partial charge in [-0.1, -0.05) is 83.1 Å². The summed E-state index contributed by atoms with van der Waals surface area (Å²) in [5, 5.41) is 11.6. The zero-order valence-electron chi connectivity index (χ0n) is 17.6. The molecule has 1 unspecified atom stereocenters. The number of anilines is 1. The van der Waals surface area contributed by atoms with Crippen molar-refractivity contribution in [3.05, 3.63) is 101 Å². The minimum absolute atomic E-state index is 0.0713.